The molecule has 1 atom stereocenters. The number of nitrogens with zero attached hydrogens (tertiary/aromatic N) is 3. The van der Waals surface area contributed by atoms with Crippen molar-refractivity contribution in [2.24, 2.45) is 10.4 Å². The molecule has 1 heterocycles. The number of hydrogen-bond donors (Lipinski definition) is 1. The number of likely N-dealkylation sites (N-methyl/N-ethyl adjacent to an activating group) is 1. The fourth-order valence-corrected chi connectivity index (χ4v) is 3.37. The Kier molecular flexibility index (Phi) is 6.71. The Hall–Kier alpha value is -1.75. The molecular weight excluding hydrogens is 312 g/mol. The number of para-hydroxylation sites is 1. The summed E-state index contributed by atoms with van der Waals surface area (Å²) >= 11 is 0. The van der Waals surface area contributed by atoms with E-state index in [-0.39, 0.29) is 6.04 Å². The third-order valence-electron chi connectivity index (χ3n) is 4.85. The van der Waals surface area contributed by atoms with Crippen LogP contribution in [-0.4, -0.2) is 63.1 Å². The Morgan fingerprint density at radius 1 is 1.36 bits per heavy atom. The molecule has 2 rings (SSSR count). The van der Waals surface area contributed by atoms with Gasteiger partial charge in [-0.2, -0.15) is 0 Å². The lowest BCUT2D eigenvalue weighted by atomic mass is 9.93. The molecule has 0 amide bonds. The van der Waals surface area contributed by atoms with E-state index in [1.807, 2.05) is 12.1 Å². The maximum Gasteiger partial charge on any atom is 0.194 e. The highest BCUT2D eigenvalue weighted by Gasteiger charge is 2.31. The molecule has 1 aliphatic rings. The molecule has 5 heteroatoms. The molecule has 140 valence electrons. The summed E-state index contributed by atoms with van der Waals surface area (Å²) < 4.78 is 5.56. The average molecular weight is 347 g/mol. The van der Waals surface area contributed by atoms with E-state index in [9.17, 15) is 0 Å². The second-order valence-corrected chi connectivity index (χ2v) is 7.75. The van der Waals surface area contributed by atoms with Crippen LogP contribution >= 0.6 is 0 Å². The Morgan fingerprint density at radius 2 is 2.08 bits per heavy atom. The van der Waals surface area contributed by atoms with E-state index in [0.717, 1.165) is 31.3 Å². The molecule has 0 aliphatic carbocycles. The van der Waals surface area contributed by atoms with Gasteiger partial charge >= 0.3 is 0 Å². The third-order valence-corrected chi connectivity index (χ3v) is 4.85. The van der Waals surface area contributed by atoms with Crippen molar-refractivity contribution in [1.82, 2.24) is 15.1 Å². The van der Waals surface area contributed by atoms with Gasteiger partial charge in [-0.25, -0.2) is 0 Å². The fourth-order valence-electron chi connectivity index (χ4n) is 3.37. The molecule has 0 bridgehead atoms. The highest BCUT2D eigenvalue weighted by molar-refractivity contribution is 5.80. The minimum atomic E-state index is 0.181. The Balaban J connectivity index is 2.20. The maximum absolute atomic E-state index is 5.56. The van der Waals surface area contributed by atoms with Crippen molar-refractivity contribution in [3.05, 3.63) is 29.8 Å². The number of likely N-dealkylation sites (tertiary alicyclic amines) is 1. The zero-order valence-corrected chi connectivity index (χ0v) is 16.7. The van der Waals surface area contributed by atoms with Gasteiger partial charge in [0.05, 0.1) is 19.7 Å². The number of aliphatic imine (C=N–C) groups is 1. The summed E-state index contributed by atoms with van der Waals surface area (Å²) in [5.41, 5.74) is 1.54. The SMILES string of the molecule is CCNC(=NCC(c1ccccc1OC)N(C)C)N1CCC(C)(C)C1. The van der Waals surface area contributed by atoms with Gasteiger partial charge in [0.15, 0.2) is 5.96 Å². The molecule has 25 heavy (non-hydrogen) atoms. The van der Waals surface area contributed by atoms with Crippen molar-refractivity contribution in [2.75, 3.05) is 47.4 Å². The van der Waals surface area contributed by atoms with E-state index < -0.39 is 0 Å². The summed E-state index contributed by atoms with van der Waals surface area (Å²) in [5.74, 6) is 1.94. The minimum Gasteiger partial charge on any atom is -0.496 e. The molecule has 1 N–H and O–H groups in total. The van der Waals surface area contributed by atoms with Crippen molar-refractivity contribution >= 4 is 5.96 Å². The number of nitrogens with one attached hydrogen (secondary N) is 1. The van der Waals surface area contributed by atoms with Gasteiger partial charge < -0.3 is 19.9 Å². The summed E-state index contributed by atoms with van der Waals surface area (Å²) in [7, 11) is 5.92. The predicted molar refractivity (Wildman–Crippen MR) is 105 cm³/mol. The first-order valence-electron chi connectivity index (χ1n) is 9.20. The molecular formula is C20H34N4O. The zero-order chi connectivity index (χ0) is 18.4. The molecule has 5 nitrogen and oxygen atoms in total. The van der Waals surface area contributed by atoms with Crippen LogP contribution in [0.3, 0.4) is 0 Å². The van der Waals surface area contributed by atoms with E-state index in [0.29, 0.717) is 12.0 Å². The highest BCUT2D eigenvalue weighted by atomic mass is 16.5. The number of hydrogen-bond acceptors (Lipinski definition) is 3. The second kappa shape index (κ2) is 8.56. The highest BCUT2D eigenvalue weighted by Crippen LogP contribution is 2.30. The molecule has 1 fully saturated rings. The molecule has 0 aromatic heterocycles. The molecule has 0 radical (unpaired) electrons. The van der Waals surface area contributed by atoms with E-state index in [1.165, 1.54) is 12.0 Å². The maximum atomic E-state index is 5.56. The standard InChI is InChI=1S/C20H34N4O/c1-7-21-19(24-13-12-20(2,3)15-24)22-14-17(23(4)5)16-10-8-9-11-18(16)25-6/h8-11,17H,7,12-15H2,1-6H3,(H,21,22). The van der Waals surface area contributed by atoms with Crippen LogP contribution < -0.4 is 10.1 Å². The zero-order valence-electron chi connectivity index (χ0n) is 16.7. The monoisotopic (exact) mass is 346 g/mol. The molecule has 1 saturated heterocycles. The van der Waals surface area contributed by atoms with Crippen molar-refractivity contribution in [3.63, 3.8) is 0 Å². The summed E-state index contributed by atoms with van der Waals surface area (Å²) in [5, 5.41) is 3.46. The second-order valence-electron chi connectivity index (χ2n) is 7.75. The van der Waals surface area contributed by atoms with Crippen LogP contribution in [0.5, 0.6) is 5.75 Å². The van der Waals surface area contributed by atoms with Crippen molar-refractivity contribution in [1.29, 1.82) is 0 Å². The summed E-state index contributed by atoms with van der Waals surface area (Å²) in [6.07, 6.45) is 1.21. The predicted octanol–water partition coefficient (Wildman–Crippen LogP) is 3.00. The quantitative estimate of drug-likeness (QED) is 0.635. The normalized spacial score (nSPS) is 18.5. The van der Waals surface area contributed by atoms with E-state index in [2.05, 4.69) is 62.1 Å². The molecule has 1 unspecified atom stereocenters. The van der Waals surface area contributed by atoms with Gasteiger partial charge in [-0.15, -0.1) is 0 Å². The van der Waals surface area contributed by atoms with Gasteiger partial charge in [-0.05, 0) is 38.9 Å². The molecule has 0 saturated carbocycles. The first-order valence-corrected chi connectivity index (χ1v) is 9.20. The van der Waals surface area contributed by atoms with Gasteiger partial charge in [0.1, 0.15) is 5.75 Å². The smallest absolute Gasteiger partial charge is 0.194 e. The van der Waals surface area contributed by atoms with Crippen molar-refractivity contribution < 1.29 is 4.74 Å². The minimum absolute atomic E-state index is 0.181. The number of guanidine groups is 1. The van der Waals surface area contributed by atoms with Gasteiger partial charge in [0, 0.05) is 25.2 Å². The molecule has 1 aromatic carbocycles. The molecule has 0 spiro atoms. The van der Waals surface area contributed by atoms with Crippen LogP contribution in [-0.2, 0) is 0 Å². The lowest BCUT2D eigenvalue weighted by Gasteiger charge is -2.27. The summed E-state index contributed by atoms with van der Waals surface area (Å²) in [4.78, 5) is 9.56. The lowest BCUT2D eigenvalue weighted by Crippen LogP contribution is -2.41. The van der Waals surface area contributed by atoms with Gasteiger partial charge in [0.25, 0.3) is 0 Å². The van der Waals surface area contributed by atoms with Crippen LogP contribution in [0.4, 0.5) is 0 Å². The van der Waals surface area contributed by atoms with Crippen molar-refractivity contribution in [2.45, 2.75) is 33.2 Å². The van der Waals surface area contributed by atoms with Gasteiger partial charge in [-0.1, -0.05) is 32.0 Å². The molecule has 1 aromatic rings. The number of rotatable bonds is 6. The average Bonchev–Trinajstić information content (AvgIpc) is 2.94. The third kappa shape index (κ3) is 5.11. The largest absolute Gasteiger partial charge is 0.496 e. The first kappa shape index (κ1) is 19.6. The Labute approximate surface area is 153 Å². The fraction of sp³-hybridized carbons (Fsp3) is 0.650. The Morgan fingerprint density at radius 3 is 2.64 bits per heavy atom. The molecule has 1 aliphatic heterocycles. The van der Waals surface area contributed by atoms with Crippen LogP contribution in [0, 0.1) is 5.41 Å². The van der Waals surface area contributed by atoms with Crippen molar-refractivity contribution in [3.8, 4) is 5.75 Å². The number of benzene rings is 1. The van der Waals surface area contributed by atoms with Crippen LogP contribution in [0.1, 0.15) is 38.8 Å². The van der Waals surface area contributed by atoms with Gasteiger partial charge in [0.2, 0.25) is 0 Å². The number of ether oxygens (including phenoxy) is 1. The Bertz CT molecular complexity index is 583. The lowest BCUT2D eigenvalue weighted by molar-refractivity contribution is 0.293. The summed E-state index contributed by atoms with van der Waals surface area (Å²) in [6, 6.07) is 8.40. The topological polar surface area (TPSA) is 40.1 Å². The summed E-state index contributed by atoms with van der Waals surface area (Å²) in [6.45, 7) is 10.5. The first-order chi connectivity index (χ1) is 11.9. The van der Waals surface area contributed by atoms with Crippen LogP contribution in [0.2, 0.25) is 0 Å². The van der Waals surface area contributed by atoms with Crippen LogP contribution in [0.15, 0.2) is 29.3 Å². The van der Waals surface area contributed by atoms with Gasteiger partial charge in [-0.3, -0.25) is 4.99 Å². The van der Waals surface area contributed by atoms with Crippen LogP contribution in [0.25, 0.3) is 0 Å². The van der Waals surface area contributed by atoms with E-state index in [4.69, 9.17) is 9.73 Å². The van der Waals surface area contributed by atoms with E-state index >= 15 is 0 Å². The number of methoxy groups -OCH3 is 1. The van der Waals surface area contributed by atoms with E-state index in [1.54, 1.807) is 7.11 Å².